The summed E-state index contributed by atoms with van der Waals surface area (Å²) in [5.41, 5.74) is 5.78. The molecule has 1 saturated carbocycles. The van der Waals surface area contributed by atoms with E-state index in [0.29, 0.717) is 12.0 Å². The molecule has 1 unspecified atom stereocenters. The van der Waals surface area contributed by atoms with Crippen LogP contribution in [0.5, 0.6) is 5.88 Å². The van der Waals surface area contributed by atoms with Crippen molar-refractivity contribution in [1.82, 2.24) is 25.9 Å². The van der Waals surface area contributed by atoms with Gasteiger partial charge in [0.05, 0.1) is 28.6 Å². The van der Waals surface area contributed by atoms with E-state index in [1.54, 1.807) is 0 Å². The molecule has 1 aromatic rings. The SMILES string of the molecule is CN1NC2=C(Br)C(Oc3ncc(F)cc3CNCC(C)(F)F)CC=C2N1CC1CC1. The molecule has 1 saturated heterocycles. The van der Waals surface area contributed by atoms with Gasteiger partial charge in [0.2, 0.25) is 5.88 Å². The summed E-state index contributed by atoms with van der Waals surface area (Å²) in [4.78, 5) is 4.05. The predicted molar refractivity (Wildman–Crippen MR) is 110 cm³/mol. The lowest BCUT2D eigenvalue weighted by Gasteiger charge is -2.27. The van der Waals surface area contributed by atoms with Crippen LogP contribution in [0.25, 0.3) is 0 Å². The van der Waals surface area contributed by atoms with Crippen LogP contribution in [0.1, 0.15) is 31.7 Å². The van der Waals surface area contributed by atoms with Gasteiger partial charge in [-0.1, -0.05) is 6.08 Å². The predicted octanol–water partition coefficient (Wildman–Crippen LogP) is 3.68. The first-order valence-corrected chi connectivity index (χ1v) is 10.8. The Bertz CT molecular complexity index is 868. The zero-order valence-corrected chi connectivity index (χ0v) is 18.5. The summed E-state index contributed by atoms with van der Waals surface area (Å²) in [5, 5.41) is 6.83. The highest BCUT2D eigenvalue weighted by molar-refractivity contribution is 9.11. The van der Waals surface area contributed by atoms with Gasteiger partial charge >= 0.3 is 0 Å². The number of alkyl halides is 2. The highest BCUT2D eigenvalue weighted by Crippen LogP contribution is 2.39. The largest absolute Gasteiger partial charge is 0.468 e. The molecule has 4 rings (SSSR count). The Morgan fingerprint density at radius 3 is 2.87 bits per heavy atom. The van der Waals surface area contributed by atoms with Gasteiger partial charge in [0, 0.05) is 39.0 Å². The van der Waals surface area contributed by atoms with Gasteiger partial charge in [0.25, 0.3) is 5.92 Å². The number of hydrogen-bond donors (Lipinski definition) is 2. The summed E-state index contributed by atoms with van der Waals surface area (Å²) in [6.07, 6.45) is 5.96. The highest BCUT2D eigenvalue weighted by Gasteiger charge is 2.37. The summed E-state index contributed by atoms with van der Waals surface area (Å²) in [6, 6.07) is 1.26. The van der Waals surface area contributed by atoms with Crippen LogP contribution in [-0.4, -0.2) is 47.3 Å². The van der Waals surface area contributed by atoms with Gasteiger partial charge in [-0.15, -0.1) is 5.12 Å². The van der Waals surface area contributed by atoms with E-state index in [0.717, 1.165) is 41.5 Å². The summed E-state index contributed by atoms with van der Waals surface area (Å²) in [7, 11) is 1.97. The van der Waals surface area contributed by atoms with Crippen molar-refractivity contribution in [1.29, 1.82) is 0 Å². The molecule has 0 spiro atoms. The van der Waals surface area contributed by atoms with Crippen LogP contribution in [0, 0.1) is 11.7 Å². The topological polar surface area (TPSA) is 52.7 Å². The maximum Gasteiger partial charge on any atom is 0.257 e. The molecule has 0 bridgehead atoms. The van der Waals surface area contributed by atoms with Gasteiger partial charge in [-0.3, -0.25) is 10.4 Å². The molecule has 10 heteroatoms. The molecule has 2 aliphatic carbocycles. The monoisotopic (exact) mass is 487 g/mol. The third-order valence-corrected chi connectivity index (χ3v) is 6.15. The third kappa shape index (κ3) is 4.92. The molecule has 6 nitrogen and oxygen atoms in total. The zero-order chi connectivity index (χ0) is 21.5. The van der Waals surface area contributed by atoms with Gasteiger partial charge in [0.1, 0.15) is 11.9 Å². The number of hydrazine groups is 2. The molecule has 0 radical (unpaired) electrons. The summed E-state index contributed by atoms with van der Waals surface area (Å²) in [6.45, 7) is 1.32. The Labute approximate surface area is 182 Å². The van der Waals surface area contributed by atoms with Gasteiger partial charge < -0.3 is 10.1 Å². The summed E-state index contributed by atoms with van der Waals surface area (Å²) < 4.78 is 46.8. The van der Waals surface area contributed by atoms with Crippen LogP contribution in [-0.2, 0) is 6.54 Å². The Morgan fingerprint density at radius 2 is 2.17 bits per heavy atom. The van der Waals surface area contributed by atoms with Gasteiger partial charge in [-0.25, -0.2) is 18.2 Å². The first kappa shape index (κ1) is 21.5. The van der Waals surface area contributed by atoms with Crippen molar-refractivity contribution in [2.45, 2.75) is 44.8 Å². The molecule has 0 aromatic carbocycles. The standard InChI is InChI=1S/C20H25BrF3N5O/c1-20(23,24)11-25-8-13-7-14(22)9-26-19(13)30-16-6-5-15-18(17(16)21)27-28(2)29(15)10-12-3-4-12/h5,7,9,12,16,25,27H,3-4,6,8,10-11H2,1-2H3. The van der Waals surface area contributed by atoms with E-state index in [9.17, 15) is 13.2 Å². The summed E-state index contributed by atoms with van der Waals surface area (Å²) in [5.74, 6) is -2.44. The number of hydrogen-bond acceptors (Lipinski definition) is 6. The lowest BCUT2D eigenvalue weighted by molar-refractivity contribution is 0.0223. The van der Waals surface area contributed by atoms with Gasteiger partial charge in [-0.05, 0) is 40.8 Å². The van der Waals surface area contributed by atoms with Gasteiger partial charge in [0.15, 0.2) is 0 Å². The summed E-state index contributed by atoms with van der Waals surface area (Å²) >= 11 is 3.66. The van der Waals surface area contributed by atoms with Crippen LogP contribution in [0.4, 0.5) is 13.2 Å². The minimum absolute atomic E-state index is 0.0294. The Kier molecular flexibility index (Phi) is 6.00. The lowest BCUT2D eigenvalue weighted by atomic mass is 10.1. The van der Waals surface area contributed by atoms with E-state index in [1.807, 2.05) is 12.2 Å². The highest BCUT2D eigenvalue weighted by atomic mass is 79.9. The van der Waals surface area contributed by atoms with E-state index in [4.69, 9.17) is 4.74 Å². The number of ether oxygens (including phenoxy) is 1. The number of nitrogens with zero attached hydrogens (tertiary/aromatic N) is 3. The molecule has 3 aliphatic rings. The molecule has 1 aliphatic heterocycles. The van der Waals surface area contributed by atoms with Crippen molar-refractivity contribution in [3.63, 3.8) is 0 Å². The minimum Gasteiger partial charge on any atom is -0.468 e. The van der Waals surface area contributed by atoms with Crippen molar-refractivity contribution < 1.29 is 17.9 Å². The Balaban J connectivity index is 1.47. The Hall–Kier alpha value is -1.78. The van der Waals surface area contributed by atoms with Crippen LogP contribution in [0.2, 0.25) is 0 Å². The number of fused-ring (bicyclic) bond motifs is 1. The van der Waals surface area contributed by atoms with Crippen molar-refractivity contribution >= 4 is 15.9 Å². The van der Waals surface area contributed by atoms with E-state index in [-0.39, 0.29) is 18.5 Å². The maximum atomic E-state index is 13.7. The molecular formula is C20H25BrF3N5O. The molecule has 30 heavy (non-hydrogen) atoms. The Morgan fingerprint density at radius 1 is 1.40 bits per heavy atom. The van der Waals surface area contributed by atoms with Crippen molar-refractivity contribution in [2.24, 2.45) is 5.92 Å². The zero-order valence-electron chi connectivity index (χ0n) is 16.9. The number of aromatic nitrogens is 1. The van der Waals surface area contributed by atoms with E-state index >= 15 is 0 Å². The molecular weight excluding hydrogens is 463 g/mol. The number of pyridine rings is 1. The van der Waals surface area contributed by atoms with Crippen molar-refractivity contribution in [2.75, 3.05) is 20.1 Å². The first-order valence-electron chi connectivity index (χ1n) is 9.99. The molecule has 1 aromatic heterocycles. The number of nitrogens with one attached hydrogen (secondary N) is 2. The lowest BCUT2D eigenvalue weighted by Crippen LogP contribution is -2.38. The van der Waals surface area contributed by atoms with Crippen molar-refractivity contribution in [3.05, 3.63) is 45.6 Å². The average molecular weight is 488 g/mol. The van der Waals surface area contributed by atoms with E-state index < -0.39 is 18.3 Å². The van der Waals surface area contributed by atoms with Crippen LogP contribution in [0.15, 0.2) is 34.2 Å². The van der Waals surface area contributed by atoms with E-state index in [2.05, 4.69) is 42.7 Å². The fraction of sp³-hybridized carbons (Fsp3) is 0.550. The van der Waals surface area contributed by atoms with E-state index in [1.165, 1.54) is 18.9 Å². The first-order chi connectivity index (χ1) is 14.2. The second-order valence-corrected chi connectivity index (χ2v) is 8.96. The quantitative estimate of drug-likeness (QED) is 0.583. The molecule has 2 N–H and O–H groups in total. The third-order valence-electron chi connectivity index (χ3n) is 5.24. The molecule has 0 amide bonds. The second kappa shape index (κ2) is 8.39. The fourth-order valence-electron chi connectivity index (χ4n) is 3.55. The van der Waals surface area contributed by atoms with Gasteiger partial charge in [-0.2, -0.15) is 0 Å². The second-order valence-electron chi connectivity index (χ2n) is 8.11. The molecule has 2 heterocycles. The van der Waals surface area contributed by atoms with Crippen molar-refractivity contribution in [3.8, 4) is 5.88 Å². The normalized spacial score (nSPS) is 22.1. The smallest absolute Gasteiger partial charge is 0.257 e. The van der Waals surface area contributed by atoms with Crippen LogP contribution in [0.3, 0.4) is 0 Å². The molecule has 164 valence electrons. The van der Waals surface area contributed by atoms with Crippen LogP contribution >= 0.6 is 15.9 Å². The fourth-order valence-corrected chi connectivity index (χ4v) is 4.13. The minimum atomic E-state index is -2.85. The van der Waals surface area contributed by atoms with Crippen LogP contribution < -0.4 is 15.5 Å². The average Bonchev–Trinajstić information content (AvgIpc) is 3.42. The number of rotatable bonds is 8. The molecule has 2 fully saturated rings. The molecule has 1 atom stereocenters. The number of halogens is 4. The maximum absolute atomic E-state index is 13.7.